The fourth-order valence-corrected chi connectivity index (χ4v) is 4.20. The lowest BCUT2D eigenvalue weighted by Gasteiger charge is -2.26. The molecular weight excluding hydrogens is 422 g/mol. The van der Waals surface area contributed by atoms with Gasteiger partial charge in [0.15, 0.2) is 0 Å². The highest BCUT2D eigenvalue weighted by Crippen LogP contribution is 2.32. The van der Waals surface area contributed by atoms with Crippen molar-refractivity contribution in [3.8, 4) is 5.75 Å². The van der Waals surface area contributed by atoms with E-state index in [4.69, 9.17) is 4.74 Å². The second kappa shape index (κ2) is 9.35. The van der Waals surface area contributed by atoms with Gasteiger partial charge in [-0.25, -0.2) is 4.68 Å². The number of ether oxygens (including phenoxy) is 1. The molecule has 0 saturated carbocycles. The van der Waals surface area contributed by atoms with Crippen molar-refractivity contribution in [3.05, 3.63) is 114 Å². The molecule has 0 N–H and O–H groups in total. The SMILES string of the molecule is CC(C)(c1ccccc1)c1ccc(OCCn2cc(/C=N/n3cnnc3)c3ccccc32)cc1. The van der Waals surface area contributed by atoms with Crippen molar-refractivity contribution in [2.24, 2.45) is 5.10 Å². The normalized spacial score (nSPS) is 11.9. The van der Waals surface area contributed by atoms with Crippen LogP contribution in [0.3, 0.4) is 0 Å². The first kappa shape index (κ1) is 21.6. The van der Waals surface area contributed by atoms with E-state index in [0.717, 1.165) is 28.8 Å². The monoisotopic (exact) mass is 449 g/mol. The minimum atomic E-state index is -0.0609. The molecule has 34 heavy (non-hydrogen) atoms. The summed E-state index contributed by atoms with van der Waals surface area (Å²) in [5.74, 6) is 0.874. The Morgan fingerprint density at radius 1 is 0.853 bits per heavy atom. The Morgan fingerprint density at radius 3 is 2.29 bits per heavy atom. The van der Waals surface area contributed by atoms with Crippen molar-refractivity contribution in [1.82, 2.24) is 19.4 Å². The van der Waals surface area contributed by atoms with Gasteiger partial charge in [0.25, 0.3) is 0 Å². The van der Waals surface area contributed by atoms with E-state index in [9.17, 15) is 0 Å². The Morgan fingerprint density at radius 2 is 1.53 bits per heavy atom. The van der Waals surface area contributed by atoms with Gasteiger partial charge in [0, 0.05) is 28.1 Å². The van der Waals surface area contributed by atoms with Gasteiger partial charge < -0.3 is 9.30 Å². The van der Waals surface area contributed by atoms with Gasteiger partial charge in [-0.05, 0) is 29.3 Å². The van der Waals surface area contributed by atoms with Crippen LogP contribution >= 0.6 is 0 Å². The zero-order valence-electron chi connectivity index (χ0n) is 19.4. The van der Waals surface area contributed by atoms with Gasteiger partial charge in [0.1, 0.15) is 25.0 Å². The maximum atomic E-state index is 6.09. The lowest BCUT2D eigenvalue weighted by molar-refractivity contribution is 0.300. The summed E-state index contributed by atoms with van der Waals surface area (Å²) in [7, 11) is 0. The van der Waals surface area contributed by atoms with E-state index in [-0.39, 0.29) is 5.41 Å². The molecular formula is C28H27N5O. The van der Waals surface area contributed by atoms with Crippen LogP contribution in [0.4, 0.5) is 0 Å². The second-order valence-electron chi connectivity index (χ2n) is 8.75. The second-order valence-corrected chi connectivity index (χ2v) is 8.75. The molecule has 0 atom stereocenters. The van der Waals surface area contributed by atoms with Crippen LogP contribution in [0.15, 0.2) is 103 Å². The molecule has 2 aromatic heterocycles. The maximum absolute atomic E-state index is 6.09. The number of benzene rings is 3. The van der Waals surface area contributed by atoms with Crippen LogP contribution in [0, 0.1) is 0 Å². The van der Waals surface area contributed by atoms with E-state index < -0.39 is 0 Å². The first-order valence-corrected chi connectivity index (χ1v) is 11.4. The predicted octanol–water partition coefficient (Wildman–Crippen LogP) is 5.52. The zero-order chi connectivity index (χ0) is 23.4. The molecule has 0 spiro atoms. The van der Waals surface area contributed by atoms with Crippen LogP contribution in [0.25, 0.3) is 10.9 Å². The summed E-state index contributed by atoms with van der Waals surface area (Å²) in [4.78, 5) is 0. The number of hydrogen-bond acceptors (Lipinski definition) is 4. The third-order valence-electron chi connectivity index (χ3n) is 6.23. The van der Waals surface area contributed by atoms with E-state index in [0.29, 0.717) is 6.61 Å². The molecule has 2 heterocycles. The summed E-state index contributed by atoms with van der Waals surface area (Å²) < 4.78 is 9.87. The molecule has 0 fully saturated rings. The van der Waals surface area contributed by atoms with Gasteiger partial charge in [0.05, 0.1) is 12.8 Å². The van der Waals surface area contributed by atoms with E-state index in [1.807, 2.05) is 18.3 Å². The van der Waals surface area contributed by atoms with Gasteiger partial charge in [-0.1, -0.05) is 74.5 Å². The topological polar surface area (TPSA) is 57.2 Å². The quantitative estimate of drug-likeness (QED) is 0.293. The lowest BCUT2D eigenvalue weighted by atomic mass is 9.78. The lowest BCUT2D eigenvalue weighted by Crippen LogP contribution is -2.18. The molecule has 0 saturated heterocycles. The van der Waals surface area contributed by atoms with Crippen molar-refractivity contribution in [2.45, 2.75) is 25.8 Å². The molecule has 5 rings (SSSR count). The third kappa shape index (κ3) is 4.48. The van der Waals surface area contributed by atoms with Crippen LogP contribution in [0.1, 0.15) is 30.5 Å². The minimum absolute atomic E-state index is 0.0609. The molecule has 0 aliphatic heterocycles. The molecule has 6 heteroatoms. The Balaban J connectivity index is 1.27. The van der Waals surface area contributed by atoms with E-state index in [2.05, 4.69) is 107 Å². The van der Waals surface area contributed by atoms with Crippen molar-refractivity contribution in [3.63, 3.8) is 0 Å². The van der Waals surface area contributed by atoms with Gasteiger partial charge in [0.2, 0.25) is 0 Å². The smallest absolute Gasteiger partial charge is 0.141 e. The Hall–Kier alpha value is -4.19. The van der Waals surface area contributed by atoms with Gasteiger partial charge in [-0.3, -0.25) is 0 Å². The van der Waals surface area contributed by atoms with Crippen LogP contribution in [-0.4, -0.2) is 32.3 Å². The standard InChI is InChI=1S/C28H27N5O/c1-28(2,23-8-4-3-5-9-23)24-12-14-25(15-13-24)34-17-16-32-19-22(18-31-33-20-29-30-21-33)26-10-6-7-11-27(26)32/h3-15,18-21H,16-17H2,1-2H3/b31-18+. The summed E-state index contributed by atoms with van der Waals surface area (Å²) in [5, 5.41) is 13.1. The van der Waals surface area contributed by atoms with Crippen LogP contribution in [0.2, 0.25) is 0 Å². The summed E-state index contributed by atoms with van der Waals surface area (Å²) >= 11 is 0. The number of hydrogen-bond donors (Lipinski definition) is 0. The van der Waals surface area contributed by atoms with Crippen LogP contribution in [0.5, 0.6) is 5.75 Å². The Kier molecular flexibility index (Phi) is 5.95. The zero-order valence-corrected chi connectivity index (χ0v) is 19.4. The fraction of sp³-hybridized carbons (Fsp3) is 0.179. The molecule has 0 radical (unpaired) electrons. The Labute approximate surface area is 199 Å². The average molecular weight is 450 g/mol. The average Bonchev–Trinajstić information content (AvgIpc) is 3.52. The third-order valence-corrected chi connectivity index (χ3v) is 6.23. The van der Waals surface area contributed by atoms with Gasteiger partial charge >= 0.3 is 0 Å². The van der Waals surface area contributed by atoms with Crippen molar-refractivity contribution >= 4 is 17.1 Å². The molecule has 0 unspecified atom stereocenters. The van der Waals surface area contributed by atoms with Gasteiger partial charge in [-0.2, -0.15) is 5.10 Å². The Bertz CT molecular complexity index is 1380. The first-order valence-electron chi connectivity index (χ1n) is 11.4. The minimum Gasteiger partial charge on any atom is -0.492 e. The predicted molar refractivity (Wildman–Crippen MR) is 135 cm³/mol. The highest BCUT2D eigenvalue weighted by atomic mass is 16.5. The number of fused-ring (bicyclic) bond motifs is 1. The maximum Gasteiger partial charge on any atom is 0.141 e. The molecule has 0 bridgehead atoms. The molecule has 5 aromatic rings. The fourth-order valence-electron chi connectivity index (χ4n) is 4.20. The summed E-state index contributed by atoms with van der Waals surface area (Å²) in [6.07, 6.45) is 7.06. The highest BCUT2D eigenvalue weighted by Gasteiger charge is 2.22. The van der Waals surface area contributed by atoms with Crippen LogP contribution in [-0.2, 0) is 12.0 Å². The van der Waals surface area contributed by atoms with E-state index in [1.54, 1.807) is 17.3 Å². The molecule has 0 aliphatic carbocycles. The molecule has 0 aliphatic rings. The number of para-hydroxylation sites is 1. The molecule has 170 valence electrons. The van der Waals surface area contributed by atoms with Gasteiger partial charge in [-0.15, -0.1) is 10.2 Å². The number of rotatable bonds is 8. The molecule has 3 aromatic carbocycles. The largest absolute Gasteiger partial charge is 0.492 e. The van der Waals surface area contributed by atoms with Crippen molar-refractivity contribution in [1.29, 1.82) is 0 Å². The number of nitrogens with zero attached hydrogens (tertiary/aromatic N) is 5. The van der Waals surface area contributed by atoms with Crippen molar-refractivity contribution < 1.29 is 4.74 Å². The number of aromatic nitrogens is 4. The van der Waals surface area contributed by atoms with E-state index in [1.165, 1.54) is 11.1 Å². The van der Waals surface area contributed by atoms with E-state index >= 15 is 0 Å². The summed E-state index contributed by atoms with van der Waals surface area (Å²) in [6, 6.07) is 27.3. The molecule has 0 amide bonds. The first-order chi connectivity index (χ1) is 16.6. The molecule has 6 nitrogen and oxygen atoms in total. The van der Waals surface area contributed by atoms with Crippen molar-refractivity contribution in [2.75, 3.05) is 6.61 Å². The summed E-state index contributed by atoms with van der Waals surface area (Å²) in [5.41, 5.74) is 4.69. The summed E-state index contributed by atoms with van der Waals surface area (Å²) in [6.45, 7) is 5.81. The highest BCUT2D eigenvalue weighted by molar-refractivity contribution is 5.99. The van der Waals surface area contributed by atoms with Crippen LogP contribution < -0.4 is 4.74 Å².